The van der Waals surface area contributed by atoms with Crippen molar-refractivity contribution in [1.29, 1.82) is 0 Å². The first kappa shape index (κ1) is 15.7. The molecule has 0 bridgehead atoms. The minimum absolute atomic E-state index is 1.04. The van der Waals surface area contributed by atoms with Gasteiger partial charge in [-0.25, -0.2) is 4.98 Å². The van der Waals surface area contributed by atoms with Gasteiger partial charge in [-0.05, 0) is 81.6 Å². The maximum atomic E-state index is 4.87. The highest BCUT2D eigenvalue weighted by atomic mass is 32.1. The van der Waals surface area contributed by atoms with E-state index in [-0.39, 0.29) is 0 Å². The van der Waals surface area contributed by atoms with E-state index in [9.17, 15) is 0 Å². The molecule has 7 rings (SSSR count). The number of benzene rings is 4. The van der Waals surface area contributed by atoms with Crippen LogP contribution < -0.4 is 0 Å². The number of para-hydroxylation sites is 1. The summed E-state index contributed by atoms with van der Waals surface area (Å²) in [5.74, 6) is 0. The third kappa shape index (κ3) is 2.24. The molecule has 2 heteroatoms. The SMILES string of the molecule is c1ccc2c(c1)Cc1cc3c(cc1-2)-c1cc(-c2nc4ccccc4s2)ccc1C3. The van der Waals surface area contributed by atoms with Crippen LogP contribution in [0.4, 0.5) is 0 Å². The standard InChI is InChI=1S/C27H17NS/c1-2-6-21-16(5-1)11-19-13-20-12-17-9-10-18(14-22(17)24(20)15-23(19)21)27-28-25-7-3-4-8-26(25)29-27/h1-10,13-15H,11-12H2. The number of thiazole rings is 1. The summed E-state index contributed by atoms with van der Waals surface area (Å²) >= 11 is 1.78. The van der Waals surface area contributed by atoms with Gasteiger partial charge in [-0.15, -0.1) is 11.3 Å². The van der Waals surface area contributed by atoms with Gasteiger partial charge in [-0.1, -0.05) is 54.6 Å². The van der Waals surface area contributed by atoms with Gasteiger partial charge < -0.3 is 0 Å². The van der Waals surface area contributed by atoms with Crippen molar-refractivity contribution in [2.45, 2.75) is 12.8 Å². The zero-order chi connectivity index (χ0) is 18.9. The van der Waals surface area contributed by atoms with Gasteiger partial charge in [0.1, 0.15) is 5.01 Å². The summed E-state index contributed by atoms with van der Waals surface area (Å²) in [7, 11) is 0. The molecular weight excluding hydrogens is 370 g/mol. The first-order chi connectivity index (χ1) is 14.3. The van der Waals surface area contributed by atoms with Gasteiger partial charge in [0.2, 0.25) is 0 Å². The van der Waals surface area contributed by atoms with Crippen molar-refractivity contribution in [2.75, 3.05) is 0 Å². The molecule has 29 heavy (non-hydrogen) atoms. The number of nitrogens with zero attached hydrogens (tertiary/aromatic N) is 1. The summed E-state index contributed by atoms with van der Waals surface area (Å²) in [6.07, 6.45) is 2.10. The Bertz CT molecular complexity index is 1420. The van der Waals surface area contributed by atoms with E-state index in [1.54, 1.807) is 11.3 Å². The molecule has 5 aromatic rings. The number of rotatable bonds is 1. The topological polar surface area (TPSA) is 12.9 Å². The Kier molecular flexibility index (Phi) is 3.05. The van der Waals surface area contributed by atoms with Crippen LogP contribution in [-0.2, 0) is 12.8 Å². The molecule has 0 amide bonds. The van der Waals surface area contributed by atoms with Gasteiger partial charge in [0.05, 0.1) is 10.2 Å². The van der Waals surface area contributed by atoms with E-state index in [0.717, 1.165) is 23.4 Å². The predicted molar refractivity (Wildman–Crippen MR) is 122 cm³/mol. The van der Waals surface area contributed by atoms with E-state index >= 15 is 0 Å². The second kappa shape index (κ2) is 5.65. The molecule has 0 saturated heterocycles. The molecule has 1 nitrogen and oxygen atoms in total. The Morgan fingerprint density at radius 2 is 1.31 bits per heavy atom. The summed E-state index contributed by atoms with van der Waals surface area (Å²) < 4.78 is 1.25. The summed E-state index contributed by atoms with van der Waals surface area (Å²) in [5, 5.41) is 1.11. The van der Waals surface area contributed by atoms with Crippen molar-refractivity contribution in [2.24, 2.45) is 0 Å². The van der Waals surface area contributed by atoms with Crippen LogP contribution in [0, 0.1) is 0 Å². The Balaban J connectivity index is 1.39. The number of aromatic nitrogens is 1. The van der Waals surface area contributed by atoms with Crippen molar-refractivity contribution >= 4 is 21.6 Å². The smallest absolute Gasteiger partial charge is 0.124 e. The van der Waals surface area contributed by atoms with Crippen molar-refractivity contribution < 1.29 is 0 Å². The number of hydrogen-bond donors (Lipinski definition) is 0. The van der Waals surface area contributed by atoms with Crippen molar-refractivity contribution in [3.63, 3.8) is 0 Å². The summed E-state index contributed by atoms with van der Waals surface area (Å²) in [6, 6.07) is 29.0. The zero-order valence-corrected chi connectivity index (χ0v) is 16.6. The molecule has 4 aromatic carbocycles. The van der Waals surface area contributed by atoms with E-state index in [2.05, 4.69) is 78.9 Å². The average molecular weight is 388 g/mol. The maximum Gasteiger partial charge on any atom is 0.124 e. The molecule has 2 aliphatic carbocycles. The lowest BCUT2D eigenvalue weighted by molar-refractivity contribution is 1.21. The molecule has 1 heterocycles. The Hall–Kier alpha value is -3.23. The highest BCUT2D eigenvalue weighted by molar-refractivity contribution is 7.21. The zero-order valence-electron chi connectivity index (χ0n) is 15.8. The lowest BCUT2D eigenvalue weighted by atomic mass is 9.97. The molecule has 136 valence electrons. The van der Waals surface area contributed by atoms with Gasteiger partial charge in [-0.3, -0.25) is 0 Å². The molecular formula is C27H17NS. The molecule has 0 fully saturated rings. The molecule has 0 N–H and O–H groups in total. The fraction of sp³-hybridized carbons (Fsp3) is 0.0741. The Labute approximate surface area is 173 Å². The molecule has 0 spiro atoms. The Morgan fingerprint density at radius 1 is 0.586 bits per heavy atom. The third-order valence-corrected chi connectivity index (χ3v) is 7.42. The largest absolute Gasteiger partial charge is 0.236 e. The van der Waals surface area contributed by atoms with Gasteiger partial charge in [-0.2, -0.15) is 0 Å². The minimum Gasteiger partial charge on any atom is -0.236 e. The molecule has 2 aliphatic rings. The number of fused-ring (bicyclic) bond motifs is 7. The second-order valence-electron chi connectivity index (χ2n) is 8.04. The first-order valence-corrected chi connectivity index (χ1v) is 10.9. The van der Waals surface area contributed by atoms with Gasteiger partial charge in [0, 0.05) is 5.56 Å². The van der Waals surface area contributed by atoms with Crippen molar-refractivity contribution in [3.8, 4) is 32.8 Å². The summed E-state index contributed by atoms with van der Waals surface area (Å²) in [4.78, 5) is 4.87. The third-order valence-electron chi connectivity index (χ3n) is 6.34. The van der Waals surface area contributed by atoms with Crippen LogP contribution in [0.5, 0.6) is 0 Å². The van der Waals surface area contributed by atoms with Gasteiger partial charge in [0.15, 0.2) is 0 Å². The van der Waals surface area contributed by atoms with Crippen LogP contribution >= 0.6 is 11.3 Å². The minimum atomic E-state index is 1.04. The van der Waals surface area contributed by atoms with E-state index in [1.165, 1.54) is 54.8 Å². The lowest BCUT2D eigenvalue weighted by Gasteiger charge is -2.07. The molecule has 0 saturated carbocycles. The normalized spacial score (nSPS) is 13.2. The highest BCUT2D eigenvalue weighted by Gasteiger charge is 2.25. The monoisotopic (exact) mass is 387 g/mol. The second-order valence-corrected chi connectivity index (χ2v) is 9.07. The highest BCUT2D eigenvalue weighted by Crippen LogP contribution is 2.46. The van der Waals surface area contributed by atoms with Crippen LogP contribution in [0.1, 0.15) is 22.3 Å². The lowest BCUT2D eigenvalue weighted by Crippen LogP contribution is -1.86. The molecule has 0 atom stereocenters. The van der Waals surface area contributed by atoms with E-state index in [4.69, 9.17) is 4.98 Å². The van der Waals surface area contributed by atoms with Crippen molar-refractivity contribution in [1.82, 2.24) is 4.98 Å². The van der Waals surface area contributed by atoms with Gasteiger partial charge >= 0.3 is 0 Å². The van der Waals surface area contributed by atoms with Crippen LogP contribution in [0.2, 0.25) is 0 Å². The fourth-order valence-electron chi connectivity index (χ4n) is 4.95. The first-order valence-electron chi connectivity index (χ1n) is 10.1. The molecule has 0 radical (unpaired) electrons. The van der Waals surface area contributed by atoms with Crippen molar-refractivity contribution in [3.05, 3.63) is 101 Å². The maximum absolute atomic E-state index is 4.87. The Morgan fingerprint density at radius 3 is 2.21 bits per heavy atom. The number of hydrogen-bond acceptors (Lipinski definition) is 2. The van der Waals surface area contributed by atoms with Crippen LogP contribution in [0.3, 0.4) is 0 Å². The van der Waals surface area contributed by atoms with E-state index in [0.29, 0.717) is 0 Å². The summed E-state index contributed by atoms with van der Waals surface area (Å²) in [6.45, 7) is 0. The van der Waals surface area contributed by atoms with Crippen LogP contribution in [0.15, 0.2) is 78.9 Å². The quantitative estimate of drug-likeness (QED) is 0.293. The average Bonchev–Trinajstić information content (AvgIpc) is 3.44. The molecule has 0 unspecified atom stereocenters. The van der Waals surface area contributed by atoms with Crippen LogP contribution in [-0.4, -0.2) is 4.98 Å². The predicted octanol–water partition coefficient (Wildman–Crippen LogP) is 7.11. The van der Waals surface area contributed by atoms with E-state index < -0.39 is 0 Å². The fourth-order valence-corrected chi connectivity index (χ4v) is 5.91. The van der Waals surface area contributed by atoms with Gasteiger partial charge in [0.25, 0.3) is 0 Å². The van der Waals surface area contributed by atoms with E-state index in [1.807, 2.05) is 0 Å². The molecule has 0 aliphatic heterocycles. The molecule has 1 aromatic heterocycles. The summed E-state index contributed by atoms with van der Waals surface area (Å²) in [5.41, 5.74) is 13.7. The van der Waals surface area contributed by atoms with Crippen LogP contribution in [0.25, 0.3) is 43.0 Å².